The van der Waals surface area contributed by atoms with Crippen LogP contribution in [0.1, 0.15) is 30.7 Å². The molecular formula is C21H28N4O3. The summed E-state index contributed by atoms with van der Waals surface area (Å²) in [6.07, 6.45) is 0.947. The second kappa shape index (κ2) is 7.93. The number of aromatic nitrogens is 2. The standard InChI is InChI=1S/C21H28N4O3/c1-14-10-25(11-15(2)28-14)21-22-18-13-24(9-8-17(18)20(26)23-21)12-16-6-4-5-7-19(16)27-3/h4-7,14-15H,8-13H2,1-3H3,(H,22,23,26)/t14-,15+. The molecule has 150 valence electrons. The molecule has 2 aliphatic heterocycles. The van der Waals surface area contributed by atoms with E-state index in [9.17, 15) is 4.79 Å². The summed E-state index contributed by atoms with van der Waals surface area (Å²) < 4.78 is 11.3. The summed E-state index contributed by atoms with van der Waals surface area (Å²) in [7, 11) is 1.70. The van der Waals surface area contributed by atoms with Gasteiger partial charge in [0, 0.05) is 43.9 Å². The molecule has 2 aromatic rings. The summed E-state index contributed by atoms with van der Waals surface area (Å²) in [6.45, 7) is 7.84. The Labute approximate surface area is 165 Å². The number of hydrogen-bond acceptors (Lipinski definition) is 6. The van der Waals surface area contributed by atoms with Crippen LogP contribution in [0.25, 0.3) is 0 Å². The van der Waals surface area contributed by atoms with Crippen molar-refractivity contribution in [3.63, 3.8) is 0 Å². The monoisotopic (exact) mass is 384 g/mol. The molecule has 0 aliphatic carbocycles. The Morgan fingerprint density at radius 1 is 1.25 bits per heavy atom. The normalized spacial score (nSPS) is 22.8. The van der Waals surface area contributed by atoms with Crippen LogP contribution in [0.3, 0.4) is 0 Å². The van der Waals surface area contributed by atoms with Crippen molar-refractivity contribution in [3.8, 4) is 5.75 Å². The summed E-state index contributed by atoms with van der Waals surface area (Å²) in [5, 5.41) is 0. The van der Waals surface area contributed by atoms with Crippen LogP contribution in [0.5, 0.6) is 5.75 Å². The molecule has 1 N–H and O–H groups in total. The summed E-state index contributed by atoms with van der Waals surface area (Å²) >= 11 is 0. The zero-order valence-electron chi connectivity index (χ0n) is 16.8. The number of morpholine rings is 1. The van der Waals surface area contributed by atoms with Gasteiger partial charge in [-0.3, -0.25) is 14.7 Å². The number of aromatic amines is 1. The fraction of sp³-hybridized carbons (Fsp3) is 0.524. The van der Waals surface area contributed by atoms with E-state index < -0.39 is 0 Å². The predicted octanol–water partition coefficient (Wildman–Crippen LogP) is 1.95. The van der Waals surface area contributed by atoms with Crippen molar-refractivity contribution < 1.29 is 9.47 Å². The van der Waals surface area contributed by atoms with Crippen LogP contribution < -0.4 is 15.2 Å². The van der Waals surface area contributed by atoms with E-state index in [1.54, 1.807) is 7.11 Å². The molecule has 0 spiro atoms. The lowest BCUT2D eigenvalue weighted by atomic mass is 10.1. The lowest BCUT2D eigenvalue weighted by Crippen LogP contribution is -2.47. The Balaban J connectivity index is 1.56. The van der Waals surface area contributed by atoms with Gasteiger partial charge in [0.2, 0.25) is 5.95 Å². The van der Waals surface area contributed by atoms with Gasteiger partial charge in [0.15, 0.2) is 0 Å². The van der Waals surface area contributed by atoms with Crippen LogP contribution in [0, 0.1) is 0 Å². The van der Waals surface area contributed by atoms with E-state index in [2.05, 4.69) is 20.9 Å². The topological polar surface area (TPSA) is 70.7 Å². The molecule has 0 bridgehead atoms. The van der Waals surface area contributed by atoms with Gasteiger partial charge < -0.3 is 14.4 Å². The minimum Gasteiger partial charge on any atom is -0.496 e. The SMILES string of the molecule is COc1ccccc1CN1CCc2c(nc(N3C[C@@H](C)O[C@@H](C)C3)[nH]c2=O)C1. The highest BCUT2D eigenvalue weighted by Crippen LogP contribution is 2.24. The van der Waals surface area contributed by atoms with Crippen LogP contribution in [0.4, 0.5) is 5.95 Å². The Morgan fingerprint density at radius 2 is 2.00 bits per heavy atom. The maximum absolute atomic E-state index is 12.7. The van der Waals surface area contributed by atoms with Crippen LogP contribution >= 0.6 is 0 Å². The number of rotatable bonds is 4. The number of H-pyrrole nitrogens is 1. The number of methoxy groups -OCH3 is 1. The van der Waals surface area contributed by atoms with E-state index in [0.717, 1.165) is 48.7 Å². The lowest BCUT2D eigenvalue weighted by Gasteiger charge is -2.36. The van der Waals surface area contributed by atoms with Gasteiger partial charge in [-0.2, -0.15) is 0 Å². The van der Waals surface area contributed by atoms with E-state index in [-0.39, 0.29) is 17.8 Å². The molecule has 28 heavy (non-hydrogen) atoms. The molecule has 1 aromatic heterocycles. The molecule has 3 heterocycles. The Morgan fingerprint density at radius 3 is 2.75 bits per heavy atom. The third-order valence-electron chi connectivity index (χ3n) is 5.45. The first-order chi connectivity index (χ1) is 13.5. The van der Waals surface area contributed by atoms with Crippen molar-refractivity contribution in [3.05, 3.63) is 51.4 Å². The van der Waals surface area contributed by atoms with E-state index in [4.69, 9.17) is 14.5 Å². The van der Waals surface area contributed by atoms with Gasteiger partial charge in [-0.25, -0.2) is 4.98 Å². The summed E-state index contributed by atoms with van der Waals surface area (Å²) in [6, 6.07) is 8.07. The Kier molecular flexibility index (Phi) is 5.37. The number of hydrogen-bond donors (Lipinski definition) is 1. The Bertz CT molecular complexity index is 887. The van der Waals surface area contributed by atoms with Gasteiger partial charge in [-0.15, -0.1) is 0 Å². The smallest absolute Gasteiger partial charge is 0.255 e. The van der Waals surface area contributed by atoms with Crippen molar-refractivity contribution in [1.29, 1.82) is 0 Å². The predicted molar refractivity (Wildman–Crippen MR) is 108 cm³/mol. The first-order valence-electron chi connectivity index (χ1n) is 9.90. The molecule has 0 amide bonds. The molecule has 7 nitrogen and oxygen atoms in total. The van der Waals surface area contributed by atoms with Gasteiger partial charge in [-0.1, -0.05) is 18.2 Å². The first kappa shape index (κ1) is 19.0. The number of ether oxygens (including phenoxy) is 2. The quantitative estimate of drug-likeness (QED) is 0.869. The molecule has 2 atom stereocenters. The fourth-order valence-electron chi connectivity index (χ4n) is 4.19. The molecule has 1 aromatic carbocycles. The molecular weight excluding hydrogens is 356 g/mol. The maximum atomic E-state index is 12.7. The lowest BCUT2D eigenvalue weighted by molar-refractivity contribution is -0.00576. The van der Waals surface area contributed by atoms with Crippen molar-refractivity contribution >= 4 is 5.95 Å². The average Bonchev–Trinajstić information content (AvgIpc) is 2.67. The zero-order chi connectivity index (χ0) is 19.7. The first-order valence-corrected chi connectivity index (χ1v) is 9.90. The highest BCUT2D eigenvalue weighted by molar-refractivity contribution is 5.36. The largest absolute Gasteiger partial charge is 0.496 e. The minimum atomic E-state index is -0.0104. The molecule has 1 saturated heterocycles. The van der Waals surface area contributed by atoms with E-state index in [0.29, 0.717) is 18.9 Å². The molecule has 2 aliphatic rings. The number of fused-ring (bicyclic) bond motifs is 1. The highest BCUT2D eigenvalue weighted by Gasteiger charge is 2.27. The van der Waals surface area contributed by atoms with Gasteiger partial charge >= 0.3 is 0 Å². The van der Waals surface area contributed by atoms with Crippen LogP contribution in [0.2, 0.25) is 0 Å². The van der Waals surface area contributed by atoms with Crippen LogP contribution in [-0.2, 0) is 24.2 Å². The molecule has 4 rings (SSSR count). The van der Waals surface area contributed by atoms with E-state index >= 15 is 0 Å². The third kappa shape index (κ3) is 3.91. The molecule has 7 heteroatoms. The Hall–Kier alpha value is -2.38. The number of para-hydroxylation sites is 1. The number of nitrogens with zero attached hydrogens (tertiary/aromatic N) is 3. The van der Waals surface area contributed by atoms with Crippen molar-refractivity contribution in [2.75, 3.05) is 31.6 Å². The van der Waals surface area contributed by atoms with Crippen LogP contribution in [0.15, 0.2) is 29.1 Å². The minimum absolute atomic E-state index is 0.0104. The van der Waals surface area contributed by atoms with Gasteiger partial charge in [-0.05, 0) is 26.3 Å². The molecule has 0 radical (unpaired) electrons. The van der Waals surface area contributed by atoms with Crippen molar-refractivity contribution in [1.82, 2.24) is 14.9 Å². The number of benzene rings is 1. The van der Waals surface area contributed by atoms with Gasteiger partial charge in [0.25, 0.3) is 5.56 Å². The second-order valence-electron chi connectivity index (χ2n) is 7.75. The summed E-state index contributed by atoms with van der Waals surface area (Å²) in [5.41, 5.74) is 2.83. The molecule has 0 saturated carbocycles. The molecule has 1 fully saturated rings. The number of nitrogens with one attached hydrogen (secondary N) is 1. The van der Waals surface area contributed by atoms with Crippen molar-refractivity contribution in [2.45, 2.75) is 45.6 Å². The zero-order valence-corrected chi connectivity index (χ0v) is 16.8. The fourth-order valence-corrected chi connectivity index (χ4v) is 4.19. The summed E-state index contributed by atoms with van der Waals surface area (Å²) in [4.78, 5) is 24.9. The summed E-state index contributed by atoms with van der Waals surface area (Å²) in [5.74, 6) is 1.55. The van der Waals surface area contributed by atoms with E-state index in [1.807, 2.05) is 32.0 Å². The second-order valence-corrected chi connectivity index (χ2v) is 7.75. The van der Waals surface area contributed by atoms with E-state index in [1.165, 1.54) is 0 Å². The van der Waals surface area contributed by atoms with Crippen molar-refractivity contribution in [2.24, 2.45) is 0 Å². The highest BCUT2D eigenvalue weighted by atomic mass is 16.5. The maximum Gasteiger partial charge on any atom is 0.255 e. The van der Waals surface area contributed by atoms with Gasteiger partial charge in [0.1, 0.15) is 5.75 Å². The third-order valence-corrected chi connectivity index (χ3v) is 5.45. The number of anilines is 1. The van der Waals surface area contributed by atoms with Gasteiger partial charge in [0.05, 0.1) is 25.0 Å². The average molecular weight is 384 g/mol. The molecule has 0 unspecified atom stereocenters. The van der Waals surface area contributed by atoms with Crippen LogP contribution in [-0.4, -0.2) is 53.8 Å².